The topological polar surface area (TPSA) is 20.2 Å². The Hall–Kier alpha value is 0.390. The molecule has 1 N–H and O–H groups in total. The molecule has 0 unspecified atom stereocenters. The van der Waals surface area contributed by atoms with E-state index in [0.29, 0.717) is 0 Å². The van der Waals surface area contributed by atoms with E-state index < -0.39 is 7.49 Å². The van der Waals surface area contributed by atoms with Crippen LogP contribution in [0.5, 0.6) is 0 Å². The monoisotopic (exact) mass is 809 g/mol. The van der Waals surface area contributed by atoms with E-state index in [1.165, 1.54) is 327 Å². The molecule has 0 fully saturated rings. The van der Waals surface area contributed by atoms with Crippen LogP contribution in [-0.4, -0.2) is 23.4 Å². The van der Waals surface area contributed by atoms with E-state index in [1.54, 1.807) is 0 Å². The predicted octanol–water partition coefficient (Wildman–Crippen LogP) is 20.4. The number of rotatable bonds is 51. The van der Waals surface area contributed by atoms with Crippen LogP contribution in [0, 0.1) is 0 Å². The zero-order valence-electron chi connectivity index (χ0n) is 40.0. The van der Waals surface area contributed by atoms with Gasteiger partial charge in [-0.3, -0.25) is 0 Å². The number of unbranched alkanes of at least 4 members (excludes halogenated alkanes) is 45. The molecule has 0 aliphatic rings. The minimum atomic E-state index is -2.07. The minimum Gasteiger partial charge on any atom is -0.0654 e. The van der Waals surface area contributed by atoms with Crippen LogP contribution in [0.3, 0.4) is 0 Å². The van der Waals surface area contributed by atoms with Gasteiger partial charge in [0.05, 0.1) is 0 Å². The Kier molecular flexibility index (Phi) is 50.1. The standard InChI is InChI=1S/C54H113OP/c1-4-7-10-13-16-19-22-25-28-31-34-37-40-43-46-49-52-56(55,53-50-47-44-41-38-35-32-29-26-23-20-17-14-11-8-5-2)54-51-48-45-42-39-36-33-30-27-24-21-18-15-12-9-6-3/h55-56H,4-54H2,1-3H3. The van der Waals surface area contributed by atoms with Gasteiger partial charge in [0.15, 0.2) is 0 Å². The third kappa shape index (κ3) is 47.1. The number of hydrogen-bond donors (Lipinski definition) is 1. The van der Waals surface area contributed by atoms with Crippen LogP contribution >= 0.6 is 7.49 Å². The molecular formula is C54H113OP. The zero-order valence-corrected chi connectivity index (χ0v) is 41.0. The van der Waals surface area contributed by atoms with Crippen LogP contribution in [0.4, 0.5) is 0 Å². The third-order valence-corrected chi connectivity index (χ3v) is 17.3. The molecule has 0 saturated heterocycles. The summed E-state index contributed by atoms with van der Waals surface area (Å²) in [5.74, 6) is 0. The normalized spacial score (nSPS) is 12.3. The van der Waals surface area contributed by atoms with Crippen LogP contribution in [0.2, 0.25) is 0 Å². The van der Waals surface area contributed by atoms with Gasteiger partial charge in [-0.25, -0.2) is 0 Å². The summed E-state index contributed by atoms with van der Waals surface area (Å²) in [7, 11) is -2.07. The maximum atomic E-state index is 12.0. The first-order chi connectivity index (χ1) is 27.7. The quantitative estimate of drug-likeness (QED) is 0.0479. The number of hydrogen-bond acceptors (Lipinski definition) is 1. The van der Waals surface area contributed by atoms with Crippen molar-refractivity contribution in [1.29, 1.82) is 0 Å². The van der Waals surface area contributed by atoms with Crippen molar-refractivity contribution < 1.29 is 4.89 Å². The molecule has 0 spiro atoms. The first-order valence-electron chi connectivity index (χ1n) is 27.4. The molecule has 0 bridgehead atoms. The van der Waals surface area contributed by atoms with Gasteiger partial charge in [-0.15, -0.1) is 0 Å². The molecule has 0 aromatic heterocycles. The van der Waals surface area contributed by atoms with Gasteiger partial charge in [0.1, 0.15) is 0 Å². The average molecular weight is 809 g/mol. The Balaban J connectivity index is 4.08. The van der Waals surface area contributed by atoms with Crippen LogP contribution in [0.15, 0.2) is 0 Å². The van der Waals surface area contributed by atoms with Crippen molar-refractivity contribution in [2.24, 2.45) is 0 Å². The predicted molar refractivity (Wildman–Crippen MR) is 264 cm³/mol. The molecule has 0 rings (SSSR count). The molecular weight excluding hydrogens is 696 g/mol. The summed E-state index contributed by atoms with van der Waals surface area (Å²) < 4.78 is 0. The van der Waals surface area contributed by atoms with Crippen LogP contribution in [-0.2, 0) is 0 Å². The van der Waals surface area contributed by atoms with Crippen molar-refractivity contribution in [2.45, 2.75) is 329 Å². The van der Waals surface area contributed by atoms with Crippen molar-refractivity contribution in [3.63, 3.8) is 0 Å². The van der Waals surface area contributed by atoms with Crippen molar-refractivity contribution in [1.82, 2.24) is 0 Å². The van der Waals surface area contributed by atoms with Crippen molar-refractivity contribution >= 4 is 7.49 Å². The van der Waals surface area contributed by atoms with Crippen LogP contribution < -0.4 is 0 Å². The van der Waals surface area contributed by atoms with Gasteiger partial charge < -0.3 is 0 Å². The van der Waals surface area contributed by atoms with Gasteiger partial charge in [-0.05, 0) is 0 Å². The van der Waals surface area contributed by atoms with Crippen LogP contribution in [0.25, 0.3) is 0 Å². The second-order valence-corrected chi connectivity index (χ2v) is 23.3. The maximum absolute atomic E-state index is 12.0. The second kappa shape index (κ2) is 49.8. The Morgan fingerprint density at radius 1 is 0.179 bits per heavy atom. The Labute approximate surface area is 358 Å². The molecule has 0 aliphatic carbocycles. The molecule has 0 heterocycles. The average Bonchev–Trinajstić information content (AvgIpc) is 3.20. The van der Waals surface area contributed by atoms with E-state index in [-0.39, 0.29) is 0 Å². The summed E-state index contributed by atoms with van der Waals surface area (Å²) in [6.45, 7) is 6.94. The van der Waals surface area contributed by atoms with Crippen molar-refractivity contribution in [3.8, 4) is 0 Å². The SMILES string of the molecule is CCCCCCCCCCCCCCCCCC[PH](O)(CCCCCCCCCCCCCCCCCC)CCCCCCCCCCCCCCCCCC. The molecule has 0 aliphatic heterocycles. The molecule has 0 amide bonds. The summed E-state index contributed by atoms with van der Waals surface area (Å²) >= 11 is 0. The Morgan fingerprint density at radius 2 is 0.286 bits per heavy atom. The van der Waals surface area contributed by atoms with Crippen LogP contribution in [0.1, 0.15) is 329 Å². The molecule has 0 atom stereocenters. The first kappa shape index (κ1) is 56.4. The van der Waals surface area contributed by atoms with Gasteiger partial charge in [0.25, 0.3) is 0 Å². The molecule has 0 saturated carbocycles. The first-order valence-corrected chi connectivity index (χ1v) is 30.0. The minimum absolute atomic E-state index is 1.20. The Bertz CT molecular complexity index is 589. The van der Waals surface area contributed by atoms with Gasteiger partial charge in [0, 0.05) is 0 Å². The molecule has 1 nitrogen and oxygen atoms in total. The second-order valence-electron chi connectivity index (χ2n) is 19.4. The molecule has 0 aromatic carbocycles. The third-order valence-electron chi connectivity index (χ3n) is 13.5. The molecule has 56 heavy (non-hydrogen) atoms. The van der Waals surface area contributed by atoms with E-state index in [4.69, 9.17) is 0 Å². The fourth-order valence-electron chi connectivity index (χ4n) is 9.38. The summed E-state index contributed by atoms with van der Waals surface area (Å²) in [6.07, 6.45) is 72.3. The van der Waals surface area contributed by atoms with Crippen molar-refractivity contribution in [3.05, 3.63) is 0 Å². The van der Waals surface area contributed by atoms with Crippen molar-refractivity contribution in [2.75, 3.05) is 18.5 Å². The fourth-order valence-corrected chi connectivity index (χ4v) is 12.9. The Morgan fingerprint density at radius 3 is 0.411 bits per heavy atom. The van der Waals surface area contributed by atoms with E-state index >= 15 is 0 Å². The van der Waals surface area contributed by atoms with Gasteiger partial charge in [-0.2, -0.15) is 0 Å². The van der Waals surface area contributed by atoms with Gasteiger partial charge >= 0.3 is 243 Å². The fraction of sp³-hybridized carbons (Fsp3) is 1.00. The molecule has 2 heteroatoms. The van der Waals surface area contributed by atoms with E-state index in [2.05, 4.69) is 20.8 Å². The summed E-state index contributed by atoms with van der Waals surface area (Å²) in [4.78, 5) is 12.0. The summed E-state index contributed by atoms with van der Waals surface area (Å²) in [5.41, 5.74) is 0. The van der Waals surface area contributed by atoms with Gasteiger partial charge in [0.2, 0.25) is 0 Å². The van der Waals surface area contributed by atoms with Gasteiger partial charge in [-0.1, -0.05) is 117 Å². The summed E-state index contributed by atoms with van der Waals surface area (Å²) in [6, 6.07) is 0. The van der Waals surface area contributed by atoms with E-state index in [9.17, 15) is 4.89 Å². The zero-order chi connectivity index (χ0) is 40.6. The van der Waals surface area contributed by atoms with E-state index in [0.717, 1.165) is 0 Å². The smallest absolute Gasteiger partial charge is 0.0654 e. The summed E-state index contributed by atoms with van der Waals surface area (Å²) in [5, 5.41) is 0. The van der Waals surface area contributed by atoms with E-state index in [1.807, 2.05) is 0 Å². The molecule has 0 radical (unpaired) electrons. The molecule has 0 aromatic rings. The molecule has 340 valence electrons.